The van der Waals surface area contributed by atoms with E-state index in [1.54, 1.807) is 0 Å². The number of fused-ring (bicyclic) bond motifs is 1. The van der Waals surface area contributed by atoms with Crippen molar-refractivity contribution in [3.8, 4) is 0 Å². The van der Waals surface area contributed by atoms with Gasteiger partial charge in [-0.1, -0.05) is 6.08 Å². The van der Waals surface area contributed by atoms with Crippen LogP contribution in [0.15, 0.2) is 35.8 Å². The Morgan fingerprint density at radius 2 is 1.91 bits per heavy atom. The number of nitrogens with one attached hydrogen (secondary N) is 2. The first-order valence-corrected chi connectivity index (χ1v) is 13.4. The topological polar surface area (TPSA) is 90.7 Å². The molecule has 3 heterocycles. The number of piperidine rings is 1. The summed E-state index contributed by atoms with van der Waals surface area (Å²) in [6.07, 6.45) is 17.7. The molecule has 3 atom stereocenters. The van der Waals surface area contributed by atoms with Crippen LogP contribution >= 0.6 is 0 Å². The molecule has 0 aromatic carbocycles. The summed E-state index contributed by atoms with van der Waals surface area (Å²) in [7, 11) is 0. The summed E-state index contributed by atoms with van der Waals surface area (Å²) in [6, 6.07) is 0.0666. The van der Waals surface area contributed by atoms with E-state index in [4.69, 9.17) is 5.73 Å². The fraction of sp³-hybridized carbons (Fsp3) is 0.704. The van der Waals surface area contributed by atoms with E-state index in [1.165, 1.54) is 38.5 Å². The number of hydrogen-bond acceptors (Lipinski definition) is 5. The Morgan fingerprint density at radius 3 is 2.59 bits per heavy atom. The predicted molar refractivity (Wildman–Crippen MR) is 131 cm³/mol. The van der Waals surface area contributed by atoms with Crippen LogP contribution in [0.3, 0.4) is 0 Å². The molecular formula is C27H39N5O2. The number of carbonyl (C=O) groups is 2. The predicted octanol–water partition coefficient (Wildman–Crippen LogP) is 2.43. The number of rotatable bonds is 5. The highest BCUT2D eigenvalue weighted by molar-refractivity contribution is 5.94. The van der Waals surface area contributed by atoms with Gasteiger partial charge in [-0.05, 0) is 93.6 Å². The highest BCUT2D eigenvalue weighted by Gasteiger charge is 2.51. The largest absolute Gasteiger partial charge is 0.363 e. The third kappa shape index (κ3) is 3.96. The molecule has 34 heavy (non-hydrogen) atoms. The monoisotopic (exact) mass is 465 g/mol. The molecule has 0 aromatic rings. The molecule has 7 aliphatic rings. The van der Waals surface area contributed by atoms with E-state index in [9.17, 15) is 9.59 Å². The van der Waals surface area contributed by atoms with Gasteiger partial charge in [0.1, 0.15) is 11.9 Å². The van der Waals surface area contributed by atoms with E-state index >= 15 is 0 Å². The van der Waals surface area contributed by atoms with Gasteiger partial charge in [0.15, 0.2) is 0 Å². The SMILES string of the molecule is CC(C(=O)N1CCC[C@@H](N)C1)C1=CN2C(C(=O)NCC34CC5CC(CC(C5)C3)C4)=CC=CC2N1. The lowest BCUT2D eigenvalue weighted by molar-refractivity contribution is -0.135. The molecular weight excluding hydrogens is 426 g/mol. The first-order valence-electron chi connectivity index (χ1n) is 13.4. The first kappa shape index (κ1) is 22.2. The Morgan fingerprint density at radius 1 is 1.21 bits per heavy atom. The van der Waals surface area contributed by atoms with Crippen LogP contribution in [-0.4, -0.2) is 53.5 Å². The number of nitrogens with zero attached hydrogens (tertiary/aromatic N) is 2. The maximum absolute atomic E-state index is 13.3. The molecule has 184 valence electrons. The minimum Gasteiger partial charge on any atom is -0.363 e. The van der Waals surface area contributed by atoms with Gasteiger partial charge in [-0.3, -0.25) is 9.59 Å². The summed E-state index contributed by atoms with van der Waals surface area (Å²) in [5.41, 5.74) is 7.92. The molecule has 1 saturated heterocycles. The molecule has 7 heteroatoms. The van der Waals surface area contributed by atoms with Crippen molar-refractivity contribution in [2.75, 3.05) is 19.6 Å². The van der Waals surface area contributed by atoms with Gasteiger partial charge < -0.3 is 26.2 Å². The molecule has 0 radical (unpaired) electrons. The van der Waals surface area contributed by atoms with Crippen molar-refractivity contribution in [2.45, 2.75) is 70.5 Å². The molecule has 0 aromatic heterocycles. The molecule has 4 N–H and O–H groups in total. The Labute approximate surface area is 202 Å². The average Bonchev–Trinajstić information content (AvgIpc) is 3.25. The van der Waals surface area contributed by atoms with Gasteiger partial charge in [-0.2, -0.15) is 0 Å². The average molecular weight is 466 g/mol. The van der Waals surface area contributed by atoms with Crippen molar-refractivity contribution < 1.29 is 9.59 Å². The molecule has 3 aliphatic heterocycles. The van der Waals surface area contributed by atoms with Crippen molar-refractivity contribution >= 4 is 11.8 Å². The third-order valence-electron chi connectivity index (χ3n) is 9.35. The molecule has 4 saturated carbocycles. The fourth-order valence-electron chi connectivity index (χ4n) is 8.12. The molecule has 4 aliphatic carbocycles. The Kier molecular flexibility index (Phi) is 5.51. The molecule has 5 fully saturated rings. The number of amides is 2. The molecule has 2 unspecified atom stereocenters. The lowest BCUT2D eigenvalue weighted by atomic mass is 9.49. The summed E-state index contributed by atoms with van der Waals surface area (Å²) in [5, 5.41) is 6.78. The van der Waals surface area contributed by atoms with Gasteiger partial charge >= 0.3 is 0 Å². The number of carbonyl (C=O) groups excluding carboxylic acids is 2. The second-order valence-corrected chi connectivity index (χ2v) is 12.0. The van der Waals surface area contributed by atoms with Crippen molar-refractivity contribution in [3.63, 3.8) is 0 Å². The zero-order valence-electron chi connectivity index (χ0n) is 20.3. The fourth-order valence-corrected chi connectivity index (χ4v) is 8.12. The number of nitrogens with two attached hydrogens (primary N) is 1. The summed E-state index contributed by atoms with van der Waals surface area (Å²) in [5.74, 6) is 2.45. The second-order valence-electron chi connectivity index (χ2n) is 12.0. The highest BCUT2D eigenvalue weighted by atomic mass is 16.2. The second kappa shape index (κ2) is 8.43. The minimum atomic E-state index is -0.291. The summed E-state index contributed by atoms with van der Waals surface area (Å²) < 4.78 is 0. The number of hydrogen-bond donors (Lipinski definition) is 3. The smallest absolute Gasteiger partial charge is 0.267 e. The maximum Gasteiger partial charge on any atom is 0.267 e. The minimum absolute atomic E-state index is 0.00891. The van der Waals surface area contributed by atoms with Crippen molar-refractivity contribution in [2.24, 2.45) is 34.8 Å². The van der Waals surface area contributed by atoms with Crippen LogP contribution in [0.4, 0.5) is 0 Å². The van der Waals surface area contributed by atoms with E-state index in [0.717, 1.165) is 49.4 Å². The van der Waals surface area contributed by atoms with E-state index in [2.05, 4.69) is 10.6 Å². The quantitative estimate of drug-likeness (QED) is 0.580. The highest BCUT2D eigenvalue weighted by Crippen LogP contribution is 2.59. The van der Waals surface area contributed by atoms with Crippen molar-refractivity contribution in [3.05, 3.63) is 35.8 Å². The van der Waals surface area contributed by atoms with E-state index in [1.807, 2.05) is 41.2 Å². The summed E-state index contributed by atoms with van der Waals surface area (Å²) in [4.78, 5) is 30.3. The van der Waals surface area contributed by atoms with Gasteiger partial charge in [0.2, 0.25) is 5.91 Å². The zero-order chi connectivity index (χ0) is 23.4. The molecule has 7 rings (SSSR count). The van der Waals surface area contributed by atoms with Gasteiger partial charge in [0.25, 0.3) is 5.91 Å². The van der Waals surface area contributed by atoms with Gasteiger partial charge in [-0.25, -0.2) is 0 Å². The lowest BCUT2D eigenvalue weighted by Gasteiger charge is -2.57. The van der Waals surface area contributed by atoms with Crippen molar-refractivity contribution in [1.82, 2.24) is 20.4 Å². The summed E-state index contributed by atoms with van der Waals surface area (Å²) >= 11 is 0. The van der Waals surface area contributed by atoms with Crippen molar-refractivity contribution in [1.29, 1.82) is 0 Å². The van der Waals surface area contributed by atoms with Crippen LogP contribution in [0.1, 0.15) is 58.3 Å². The maximum atomic E-state index is 13.3. The van der Waals surface area contributed by atoms with Gasteiger partial charge in [-0.15, -0.1) is 0 Å². The normalized spacial score (nSPS) is 38.7. The molecule has 2 amide bonds. The van der Waals surface area contributed by atoms with E-state index in [0.29, 0.717) is 17.7 Å². The van der Waals surface area contributed by atoms with Crippen LogP contribution in [0.2, 0.25) is 0 Å². The van der Waals surface area contributed by atoms with E-state index < -0.39 is 0 Å². The molecule has 7 nitrogen and oxygen atoms in total. The van der Waals surface area contributed by atoms with Crippen LogP contribution in [0, 0.1) is 29.1 Å². The zero-order valence-corrected chi connectivity index (χ0v) is 20.3. The Bertz CT molecular complexity index is 917. The van der Waals surface area contributed by atoms with Gasteiger partial charge in [0.05, 0.1) is 5.92 Å². The Hall–Kier alpha value is -2.28. The first-order chi connectivity index (χ1) is 16.4. The Balaban J connectivity index is 1.11. The molecule has 0 spiro atoms. The number of allylic oxidation sites excluding steroid dienone is 2. The molecule has 4 bridgehead atoms. The van der Waals surface area contributed by atoms with Crippen LogP contribution in [-0.2, 0) is 9.59 Å². The van der Waals surface area contributed by atoms with Crippen LogP contribution < -0.4 is 16.4 Å². The van der Waals surface area contributed by atoms with Gasteiger partial charge in [0, 0.05) is 37.6 Å². The third-order valence-corrected chi connectivity index (χ3v) is 9.35. The number of likely N-dealkylation sites (tertiary alicyclic amines) is 1. The van der Waals surface area contributed by atoms with E-state index in [-0.39, 0.29) is 29.9 Å². The van der Waals surface area contributed by atoms with Crippen LogP contribution in [0.25, 0.3) is 0 Å². The standard InChI is InChI=1S/C27H39N5O2/c1-17(26(34)31-7-3-4-21(28)14-31)22-15-32-23(5-2-6-24(32)30-22)25(33)29-16-27-11-18-8-19(12-27)10-20(9-18)13-27/h2,5-6,15,17-21,24,30H,3-4,7-14,16,28H2,1H3,(H,29,33)/t17?,18?,19?,20?,21-,24?,27?/m1/s1. The summed E-state index contributed by atoms with van der Waals surface area (Å²) in [6.45, 7) is 4.14. The lowest BCUT2D eigenvalue weighted by Crippen LogP contribution is -2.52. The van der Waals surface area contributed by atoms with Crippen LogP contribution in [0.5, 0.6) is 0 Å².